The topological polar surface area (TPSA) is 118 Å². The Hall–Kier alpha value is -2.24. The molecule has 29 heavy (non-hydrogen) atoms. The van der Waals surface area contributed by atoms with Gasteiger partial charge in [0.25, 0.3) is 5.91 Å². The molecule has 0 aromatic carbocycles. The Bertz CT molecular complexity index is 968. The maximum Gasteiger partial charge on any atom is 0.255 e. The van der Waals surface area contributed by atoms with Crippen molar-refractivity contribution in [3.8, 4) is 0 Å². The summed E-state index contributed by atoms with van der Waals surface area (Å²) in [4.78, 5) is 17.3. The number of aromatic nitrogens is 3. The van der Waals surface area contributed by atoms with Crippen LogP contribution in [0.3, 0.4) is 0 Å². The second kappa shape index (κ2) is 9.06. The van der Waals surface area contributed by atoms with Crippen LogP contribution in [-0.4, -0.2) is 79.0 Å². The van der Waals surface area contributed by atoms with Crippen molar-refractivity contribution < 1.29 is 17.9 Å². The summed E-state index contributed by atoms with van der Waals surface area (Å²) in [6.07, 6.45) is 6.11. The summed E-state index contributed by atoms with van der Waals surface area (Å²) in [7, 11) is -1.81. The van der Waals surface area contributed by atoms with Crippen LogP contribution in [0.2, 0.25) is 0 Å². The lowest BCUT2D eigenvalue weighted by Gasteiger charge is -2.25. The minimum absolute atomic E-state index is 0.191. The lowest BCUT2D eigenvalue weighted by molar-refractivity contribution is 0.0904. The predicted octanol–water partition coefficient (Wildman–Crippen LogP) is 0.663. The van der Waals surface area contributed by atoms with Gasteiger partial charge in [0.2, 0.25) is 10.0 Å². The summed E-state index contributed by atoms with van der Waals surface area (Å²) in [5, 5.41) is 11.4. The summed E-state index contributed by atoms with van der Waals surface area (Å²) in [6.45, 7) is 4.41. The van der Waals surface area contributed by atoms with Crippen molar-refractivity contribution in [3.63, 3.8) is 0 Å². The number of aryl methyl sites for hydroxylation is 1. The molecule has 3 rings (SSSR count). The molecule has 1 aliphatic heterocycles. The molecule has 3 heterocycles. The third kappa shape index (κ3) is 5.03. The maximum atomic E-state index is 12.8. The zero-order valence-electron chi connectivity index (χ0n) is 17.0. The second-order valence-electron chi connectivity index (χ2n) is 7.12. The highest BCUT2D eigenvalue weighted by atomic mass is 32.2. The highest BCUT2D eigenvalue weighted by molar-refractivity contribution is 7.88. The molecule has 11 heteroatoms. The second-order valence-corrected chi connectivity index (χ2v) is 9.21. The van der Waals surface area contributed by atoms with Crippen molar-refractivity contribution in [2.75, 3.05) is 44.9 Å². The maximum absolute atomic E-state index is 12.8. The van der Waals surface area contributed by atoms with Gasteiger partial charge in [0.15, 0.2) is 5.65 Å². The molecule has 1 amide bonds. The smallest absolute Gasteiger partial charge is 0.255 e. The Morgan fingerprint density at radius 3 is 2.72 bits per heavy atom. The molecule has 0 radical (unpaired) electrons. The SMILES string of the molecule is CCn1ncc2c(NC3CCOCC3)c(C(=O)NCCN(C)S(C)(=O)=O)cnc21. The Balaban J connectivity index is 1.83. The zero-order chi connectivity index (χ0) is 21.0. The molecule has 2 N–H and O–H groups in total. The molecule has 2 aromatic rings. The van der Waals surface area contributed by atoms with Gasteiger partial charge < -0.3 is 15.4 Å². The summed E-state index contributed by atoms with van der Waals surface area (Å²) in [5.41, 5.74) is 1.84. The number of ether oxygens (including phenoxy) is 1. The molecule has 1 fully saturated rings. The Morgan fingerprint density at radius 2 is 2.07 bits per heavy atom. The first kappa shape index (κ1) is 21.5. The van der Waals surface area contributed by atoms with E-state index in [9.17, 15) is 13.2 Å². The molecule has 2 aromatic heterocycles. The molecule has 0 atom stereocenters. The number of pyridine rings is 1. The van der Waals surface area contributed by atoms with Crippen LogP contribution in [0.4, 0.5) is 5.69 Å². The fraction of sp³-hybridized carbons (Fsp3) is 0.611. The van der Waals surface area contributed by atoms with Crippen LogP contribution in [0.15, 0.2) is 12.4 Å². The quantitative estimate of drug-likeness (QED) is 0.639. The van der Waals surface area contributed by atoms with E-state index in [1.54, 1.807) is 17.1 Å². The van der Waals surface area contributed by atoms with E-state index in [-0.39, 0.29) is 25.0 Å². The molecule has 0 unspecified atom stereocenters. The van der Waals surface area contributed by atoms with Crippen molar-refractivity contribution in [2.45, 2.75) is 32.4 Å². The van der Waals surface area contributed by atoms with Crippen LogP contribution in [0.25, 0.3) is 11.0 Å². The molecule has 160 valence electrons. The summed E-state index contributed by atoms with van der Waals surface area (Å²) < 4.78 is 31.4. The number of hydrogen-bond donors (Lipinski definition) is 2. The Morgan fingerprint density at radius 1 is 1.34 bits per heavy atom. The van der Waals surface area contributed by atoms with E-state index in [1.165, 1.54) is 11.4 Å². The van der Waals surface area contributed by atoms with E-state index >= 15 is 0 Å². The molecular formula is C18H28N6O4S. The first-order valence-corrected chi connectivity index (χ1v) is 11.5. The van der Waals surface area contributed by atoms with Gasteiger partial charge in [-0.2, -0.15) is 5.10 Å². The van der Waals surface area contributed by atoms with E-state index in [0.717, 1.165) is 30.1 Å². The number of anilines is 1. The van der Waals surface area contributed by atoms with E-state index < -0.39 is 10.0 Å². The van der Waals surface area contributed by atoms with Crippen LogP contribution >= 0.6 is 0 Å². The largest absolute Gasteiger partial charge is 0.381 e. The molecule has 0 saturated carbocycles. The molecule has 1 aliphatic rings. The monoisotopic (exact) mass is 424 g/mol. The third-order valence-electron chi connectivity index (χ3n) is 5.06. The zero-order valence-corrected chi connectivity index (χ0v) is 17.8. The van der Waals surface area contributed by atoms with E-state index in [0.29, 0.717) is 31.0 Å². The van der Waals surface area contributed by atoms with E-state index in [2.05, 4.69) is 20.7 Å². The first-order chi connectivity index (χ1) is 13.8. The number of likely N-dealkylation sites (N-methyl/N-ethyl adjacent to an activating group) is 1. The van der Waals surface area contributed by atoms with Crippen molar-refractivity contribution in [1.82, 2.24) is 24.4 Å². The normalized spacial score (nSPS) is 15.7. The van der Waals surface area contributed by atoms with Gasteiger partial charge in [-0.1, -0.05) is 0 Å². The molecule has 0 bridgehead atoms. The average molecular weight is 425 g/mol. The van der Waals surface area contributed by atoms with Crippen molar-refractivity contribution in [2.24, 2.45) is 0 Å². The lowest BCUT2D eigenvalue weighted by atomic mass is 10.1. The fourth-order valence-corrected chi connectivity index (χ4v) is 3.64. The number of hydrogen-bond acceptors (Lipinski definition) is 7. The highest BCUT2D eigenvalue weighted by Gasteiger charge is 2.22. The van der Waals surface area contributed by atoms with Crippen LogP contribution in [0, 0.1) is 0 Å². The highest BCUT2D eigenvalue weighted by Crippen LogP contribution is 2.28. The number of carbonyl (C=O) groups excluding carboxylic acids is 1. The molecule has 0 aliphatic carbocycles. The summed E-state index contributed by atoms with van der Waals surface area (Å²) >= 11 is 0. The van der Waals surface area contributed by atoms with Gasteiger partial charge in [0.1, 0.15) is 0 Å². The minimum Gasteiger partial charge on any atom is -0.381 e. The Kier molecular flexibility index (Phi) is 6.70. The molecular weight excluding hydrogens is 396 g/mol. The van der Waals surface area contributed by atoms with Crippen LogP contribution in [0.5, 0.6) is 0 Å². The van der Waals surface area contributed by atoms with E-state index in [4.69, 9.17) is 4.74 Å². The standard InChI is InChI=1S/C18H28N6O4S/c1-4-24-17-14(12-21-24)16(22-13-5-9-28-10-6-13)15(11-20-17)18(25)19-7-8-23(2)29(3,26)27/h11-13H,4-10H2,1-3H3,(H,19,25)(H,20,22). The number of rotatable bonds is 8. The van der Waals surface area contributed by atoms with E-state index in [1.807, 2.05) is 6.92 Å². The summed E-state index contributed by atoms with van der Waals surface area (Å²) in [6, 6.07) is 0.197. The first-order valence-electron chi connectivity index (χ1n) is 9.69. The molecule has 10 nitrogen and oxygen atoms in total. The number of sulfonamides is 1. The van der Waals surface area contributed by atoms with Crippen molar-refractivity contribution in [3.05, 3.63) is 18.0 Å². The predicted molar refractivity (Wildman–Crippen MR) is 110 cm³/mol. The Labute approximate surface area is 170 Å². The average Bonchev–Trinajstić information content (AvgIpc) is 3.11. The van der Waals surface area contributed by atoms with Gasteiger partial charge in [-0.15, -0.1) is 0 Å². The molecule has 1 saturated heterocycles. The number of nitrogens with one attached hydrogen (secondary N) is 2. The number of carbonyl (C=O) groups is 1. The van der Waals surface area contributed by atoms with Crippen molar-refractivity contribution >= 4 is 32.7 Å². The van der Waals surface area contributed by atoms with Crippen molar-refractivity contribution in [1.29, 1.82) is 0 Å². The fourth-order valence-electron chi connectivity index (χ4n) is 3.22. The van der Waals surface area contributed by atoms with Gasteiger partial charge in [-0.3, -0.25) is 4.79 Å². The van der Waals surface area contributed by atoms with Gasteiger partial charge >= 0.3 is 0 Å². The number of nitrogens with zero attached hydrogens (tertiary/aromatic N) is 4. The van der Waals surface area contributed by atoms with Crippen LogP contribution in [-0.2, 0) is 21.3 Å². The number of fused-ring (bicyclic) bond motifs is 1. The van der Waals surface area contributed by atoms with Gasteiger partial charge in [0.05, 0.1) is 29.1 Å². The van der Waals surface area contributed by atoms with Crippen LogP contribution in [0.1, 0.15) is 30.1 Å². The van der Waals surface area contributed by atoms with Gasteiger partial charge in [0, 0.05) is 52.1 Å². The lowest BCUT2D eigenvalue weighted by Crippen LogP contribution is -2.36. The molecule has 0 spiro atoms. The third-order valence-corrected chi connectivity index (χ3v) is 6.37. The van der Waals surface area contributed by atoms with Gasteiger partial charge in [-0.05, 0) is 19.8 Å². The number of amides is 1. The summed E-state index contributed by atoms with van der Waals surface area (Å²) in [5.74, 6) is -0.305. The minimum atomic E-state index is -3.29. The van der Waals surface area contributed by atoms with Crippen LogP contribution < -0.4 is 10.6 Å². The van der Waals surface area contributed by atoms with Gasteiger partial charge in [-0.25, -0.2) is 22.4 Å².